The first kappa shape index (κ1) is 30.8. The smallest absolute Gasteiger partial charge is 0.326 e. The van der Waals surface area contributed by atoms with Gasteiger partial charge in [0, 0.05) is 23.5 Å². The summed E-state index contributed by atoms with van der Waals surface area (Å²) in [5, 5.41) is 35.3. The van der Waals surface area contributed by atoms with Gasteiger partial charge >= 0.3 is 17.9 Å². The van der Waals surface area contributed by atoms with Gasteiger partial charge in [0.1, 0.15) is 18.1 Å². The Labute approximate surface area is 223 Å². The number of benzene rings is 1. The number of hydrogen-bond donors (Lipinski definition) is 8. The lowest BCUT2D eigenvalue weighted by Gasteiger charge is -2.25. The number of aromatic nitrogens is 1. The zero-order valence-electron chi connectivity index (χ0n) is 21.5. The van der Waals surface area contributed by atoms with Gasteiger partial charge in [0.15, 0.2) is 0 Å². The van der Waals surface area contributed by atoms with E-state index < -0.39 is 72.6 Å². The number of fused-ring (bicyclic) bond motifs is 1. The Hall–Kier alpha value is -4.46. The largest absolute Gasteiger partial charge is 0.481 e. The van der Waals surface area contributed by atoms with Crippen LogP contribution in [-0.2, 0) is 35.2 Å². The average molecular weight is 548 g/mol. The van der Waals surface area contributed by atoms with Gasteiger partial charge in [0.05, 0.1) is 18.9 Å². The maximum atomic E-state index is 13.3. The Bertz CT molecular complexity index is 1230. The van der Waals surface area contributed by atoms with Crippen LogP contribution in [0.4, 0.5) is 0 Å². The van der Waals surface area contributed by atoms with Crippen molar-refractivity contribution in [3.05, 3.63) is 36.0 Å². The fourth-order valence-corrected chi connectivity index (χ4v) is 3.91. The number of carbonyl (C=O) groups excluding carboxylic acids is 3. The predicted octanol–water partition coefficient (Wildman–Crippen LogP) is -0.428. The number of hydrogen-bond acceptors (Lipinski definition) is 7. The molecule has 0 aliphatic carbocycles. The molecular formula is C25H33N5O9. The molecule has 1 aromatic heterocycles. The molecule has 14 heteroatoms. The molecule has 0 aliphatic heterocycles. The summed E-state index contributed by atoms with van der Waals surface area (Å²) in [5.74, 6) is -7.12. The number of carboxylic acids is 3. The van der Waals surface area contributed by atoms with Gasteiger partial charge in [-0.05, 0) is 24.0 Å². The van der Waals surface area contributed by atoms with Crippen LogP contribution in [0.1, 0.15) is 38.7 Å². The van der Waals surface area contributed by atoms with Crippen molar-refractivity contribution in [3.8, 4) is 0 Å². The van der Waals surface area contributed by atoms with Crippen LogP contribution in [-0.4, -0.2) is 80.1 Å². The lowest BCUT2D eigenvalue weighted by Crippen LogP contribution is -2.58. The van der Waals surface area contributed by atoms with Crippen molar-refractivity contribution in [3.63, 3.8) is 0 Å². The Morgan fingerprint density at radius 1 is 0.821 bits per heavy atom. The summed E-state index contributed by atoms with van der Waals surface area (Å²) in [5.41, 5.74) is 6.98. The van der Waals surface area contributed by atoms with Crippen molar-refractivity contribution in [2.24, 2.45) is 11.7 Å². The molecule has 0 spiro atoms. The van der Waals surface area contributed by atoms with Crippen molar-refractivity contribution in [1.82, 2.24) is 20.9 Å². The van der Waals surface area contributed by atoms with Crippen molar-refractivity contribution in [2.75, 3.05) is 0 Å². The summed E-state index contributed by atoms with van der Waals surface area (Å²) in [6, 6.07) is 1.27. The fourth-order valence-electron chi connectivity index (χ4n) is 3.91. The summed E-state index contributed by atoms with van der Waals surface area (Å²) in [6.07, 6.45) is -0.00982. The highest BCUT2D eigenvalue weighted by Crippen LogP contribution is 2.19. The first-order valence-electron chi connectivity index (χ1n) is 12.2. The van der Waals surface area contributed by atoms with Gasteiger partial charge in [0.25, 0.3) is 0 Å². The minimum Gasteiger partial charge on any atom is -0.481 e. The van der Waals surface area contributed by atoms with E-state index in [2.05, 4.69) is 20.9 Å². The van der Waals surface area contributed by atoms with E-state index in [4.69, 9.17) is 10.8 Å². The van der Waals surface area contributed by atoms with Crippen molar-refractivity contribution in [2.45, 2.75) is 63.7 Å². The second kappa shape index (κ2) is 13.9. The Morgan fingerprint density at radius 3 is 1.97 bits per heavy atom. The normalized spacial score (nSPS) is 14.2. The number of carbonyl (C=O) groups is 6. The third-order valence-electron chi connectivity index (χ3n) is 5.80. The molecule has 2 rings (SSSR count). The topological polar surface area (TPSA) is 241 Å². The molecule has 39 heavy (non-hydrogen) atoms. The van der Waals surface area contributed by atoms with Crippen LogP contribution in [0.3, 0.4) is 0 Å². The summed E-state index contributed by atoms with van der Waals surface area (Å²) in [4.78, 5) is 75.7. The monoisotopic (exact) mass is 547 g/mol. The number of aliphatic carboxylic acids is 3. The van der Waals surface area contributed by atoms with Gasteiger partial charge in [-0.3, -0.25) is 24.0 Å². The van der Waals surface area contributed by atoms with Crippen LogP contribution in [0.5, 0.6) is 0 Å². The second-order valence-electron chi connectivity index (χ2n) is 9.52. The number of H-pyrrole nitrogens is 1. The maximum Gasteiger partial charge on any atom is 0.326 e. The molecule has 1 aromatic carbocycles. The van der Waals surface area contributed by atoms with Crippen LogP contribution in [0, 0.1) is 5.92 Å². The molecule has 0 bridgehead atoms. The summed E-state index contributed by atoms with van der Waals surface area (Å²) in [6.45, 7) is 3.48. The van der Waals surface area contributed by atoms with E-state index in [0.29, 0.717) is 5.56 Å². The number of para-hydroxylation sites is 1. The predicted molar refractivity (Wildman–Crippen MR) is 137 cm³/mol. The molecule has 14 nitrogen and oxygen atoms in total. The molecule has 9 N–H and O–H groups in total. The van der Waals surface area contributed by atoms with E-state index in [9.17, 15) is 39.0 Å². The van der Waals surface area contributed by atoms with Gasteiger partial charge in [-0.1, -0.05) is 32.0 Å². The van der Waals surface area contributed by atoms with Crippen LogP contribution in [0.25, 0.3) is 10.9 Å². The number of amides is 3. The molecule has 4 atom stereocenters. The molecule has 1 heterocycles. The van der Waals surface area contributed by atoms with Crippen LogP contribution < -0.4 is 21.7 Å². The van der Waals surface area contributed by atoms with E-state index in [0.717, 1.165) is 10.9 Å². The van der Waals surface area contributed by atoms with Crippen LogP contribution in [0.2, 0.25) is 0 Å². The van der Waals surface area contributed by atoms with Gasteiger partial charge in [-0.2, -0.15) is 0 Å². The van der Waals surface area contributed by atoms with Gasteiger partial charge in [-0.15, -0.1) is 0 Å². The molecule has 0 saturated heterocycles. The molecular weight excluding hydrogens is 514 g/mol. The molecule has 0 fully saturated rings. The van der Waals surface area contributed by atoms with Crippen LogP contribution in [0.15, 0.2) is 30.5 Å². The molecule has 4 unspecified atom stereocenters. The highest BCUT2D eigenvalue weighted by Gasteiger charge is 2.32. The lowest BCUT2D eigenvalue weighted by atomic mass is 10.0. The Morgan fingerprint density at radius 2 is 1.38 bits per heavy atom. The van der Waals surface area contributed by atoms with E-state index in [1.54, 1.807) is 44.3 Å². The highest BCUT2D eigenvalue weighted by atomic mass is 16.4. The lowest BCUT2D eigenvalue weighted by molar-refractivity contribution is -0.144. The molecule has 0 radical (unpaired) electrons. The third kappa shape index (κ3) is 9.41. The van der Waals surface area contributed by atoms with Crippen molar-refractivity contribution >= 4 is 46.5 Å². The summed E-state index contributed by atoms with van der Waals surface area (Å²) < 4.78 is 0. The zero-order chi connectivity index (χ0) is 29.3. The Kier molecular flexibility index (Phi) is 11.0. The maximum absolute atomic E-state index is 13.3. The summed E-state index contributed by atoms with van der Waals surface area (Å²) >= 11 is 0. The number of nitrogens with two attached hydrogens (primary N) is 1. The van der Waals surface area contributed by atoms with E-state index in [-0.39, 0.29) is 18.8 Å². The van der Waals surface area contributed by atoms with E-state index in [1.807, 2.05) is 0 Å². The quantitative estimate of drug-likeness (QED) is 0.143. The molecule has 0 saturated carbocycles. The summed E-state index contributed by atoms with van der Waals surface area (Å²) in [7, 11) is 0. The minimum atomic E-state index is -1.67. The van der Waals surface area contributed by atoms with Gasteiger partial charge < -0.3 is 42.0 Å². The molecule has 0 aliphatic rings. The first-order chi connectivity index (χ1) is 18.3. The van der Waals surface area contributed by atoms with E-state index >= 15 is 0 Å². The second-order valence-corrected chi connectivity index (χ2v) is 9.52. The van der Waals surface area contributed by atoms with E-state index in [1.165, 1.54) is 0 Å². The highest BCUT2D eigenvalue weighted by molar-refractivity contribution is 5.96. The van der Waals surface area contributed by atoms with Crippen molar-refractivity contribution < 1.29 is 44.1 Å². The molecule has 212 valence electrons. The van der Waals surface area contributed by atoms with Gasteiger partial charge in [0.2, 0.25) is 17.7 Å². The number of nitrogens with one attached hydrogen (secondary N) is 4. The molecule has 2 aromatic rings. The SMILES string of the molecule is CC(C)CC(NC(=O)C(CC(=O)O)NC(=O)C(Cc1c[nH]c2ccccc12)NC(=O)C(N)CC(=O)O)C(=O)O. The zero-order valence-corrected chi connectivity index (χ0v) is 21.5. The van der Waals surface area contributed by atoms with Crippen LogP contribution >= 0.6 is 0 Å². The average Bonchev–Trinajstić information content (AvgIpc) is 3.24. The fraction of sp³-hybridized carbons (Fsp3) is 0.440. The third-order valence-corrected chi connectivity index (χ3v) is 5.80. The first-order valence-corrected chi connectivity index (χ1v) is 12.2. The number of aromatic amines is 1. The minimum absolute atomic E-state index is 0.0650. The van der Waals surface area contributed by atoms with Gasteiger partial charge in [-0.25, -0.2) is 4.79 Å². The standard InChI is InChI=1S/C25H33N5O9/c1-12(2)7-19(25(38)39)30-24(37)18(10-21(33)34)29-23(36)17(28-22(35)15(26)9-20(31)32)8-13-11-27-16-6-4-3-5-14(13)16/h3-6,11-12,15,17-19,27H,7-10,26H2,1-2H3,(H,28,35)(H,29,36)(H,30,37)(H,31,32)(H,33,34)(H,38,39). The Balaban J connectivity index is 2.31. The number of rotatable bonds is 15. The van der Waals surface area contributed by atoms with Crippen molar-refractivity contribution in [1.29, 1.82) is 0 Å². The molecule has 3 amide bonds. The number of carboxylic acid groups (broad SMARTS) is 3.